The molecule has 0 fully saturated rings. The topological polar surface area (TPSA) is 26.3 Å². The van der Waals surface area contributed by atoms with Gasteiger partial charge in [-0.15, -0.1) is 0 Å². The average molecular weight is 289 g/mol. The Hall–Kier alpha value is -1.80. The Bertz CT molecular complexity index is 647. The lowest BCUT2D eigenvalue weighted by atomic mass is 9.97. The smallest absolute Gasteiger partial charge is 0.197 e. The van der Waals surface area contributed by atoms with Gasteiger partial charge in [0.1, 0.15) is 5.75 Å². The van der Waals surface area contributed by atoms with Gasteiger partial charge in [-0.3, -0.25) is 4.79 Å². The van der Waals surface area contributed by atoms with Gasteiger partial charge < -0.3 is 4.74 Å². The highest BCUT2D eigenvalue weighted by molar-refractivity contribution is 6.32. The maximum atomic E-state index is 12.7. The molecule has 2 aromatic carbocycles. The Balaban J connectivity index is 2.52. The fourth-order valence-electron chi connectivity index (χ4n) is 2.10. The Morgan fingerprint density at radius 1 is 1.15 bits per heavy atom. The van der Waals surface area contributed by atoms with Gasteiger partial charge in [0.05, 0.1) is 12.2 Å². The number of hydrogen-bond donors (Lipinski definition) is 0. The summed E-state index contributed by atoms with van der Waals surface area (Å²) in [5.41, 5.74) is 3.01. The van der Waals surface area contributed by atoms with Crippen molar-refractivity contribution in [3.63, 3.8) is 0 Å². The maximum absolute atomic E-state index is 12.7. The number of carbonyl (C=O) groups excluding carboxylic acids is 1. The Morgan fingerprint density at radius 3 is 2.60 bits per heavy atom. The molecule has 0 amide bonds. The molecule has 104 valence electrons. The lowest BCUT2D eigenvalue weighted by Crippen LogP contribution is -2.07. The molecule has 0 saturated carbocycles. The molecule has 0 saturated heterocycles. The zero-order valence-electron chi connectivity index (χ0n) is 11.9. The van der Waals surface area contributed by atoms with Crippen molar-refractivity contribution in [1.82, 2.24) is 0 Å². The number of halogens is 1. The SMILES string of the molecule is CCOc1ccc(C)cc1C(=O)c1cccc(Cl)c1C. The number of rotatable bonds is 4. The molecule has 2 rings (SSSR count). The predicted octanol–water partition coefficient (Wildman–Crippen LogP) is 4.59. The largest absolute Gasteiger partial charge is 0.493 e. The molecule has 0 heterocycles. The summed E-state index contributed by atoms with van der Waals surface area (Å²) >= 11 is 6.09. The Labute approximate surface area is 124 Å². The summed E-state index contributed by atoms with van der Waals surface area (Å²) < 4.78 is 5.55. The van der Waals surface area contributed by atoms with E-state index in [9.17, 15) is 4.79 Å². The van der Waals surface area contributed by atoms with Gasteiger partial charge in [0, 0.05) is 10.6 Å². The zero-order chi connectivity index (χ0) is 14.7. The minimum absolute atomic E-state index is 0.0582. The quantitative estimate of drug-likeness (QED) is 0.769. The molecule has 0 aliphatic rings. The summed E-state index contributed by atoms with van der Waals surface area (Å²) in [5.74, 6) is 0.555. The maximum Gasteiger partial charge on any atom is 0.197 e. The van der Waals surface area contributed by atoms with E-state index in [1.807, 2.05) is 39.0 Å². The minimum atomic E-state index is -0.0582. The van der Waals surface area contributed by atoms with E-state index in [1.165, 1.54) is 0 Å². The molecule has 0 spiro atoms. The fourth-order valence-corrected chi connectivity index (χ4v) is 2.28. The van der Waals surface area contributed by atoms with Crippen molar-refractivity contribution in [2.45, 2.75) is 20.8 Å². The molecule has 0 N–H and O–H groups in total. The number of ketones is 1. The van der Waals surface area contributed by atoms with Crippen LogP contribution in [0.3, 0.4) is 0 Å². The monoisotopic (exact) mass is 288 g/mol. The van der Waals surface area contributed by atoms with Gasteiger partial charge in [-0.1, -0.05) is 35.4 Å². The van der Waals surface area contributed by atoms with Crippen LogP contribution in [0.15, 0.2) is 36.4 Å². The van der Waals surface area contributed by atoms with Crippen LogP contribution in [0.1, 0.15) is 34.0 Å². The molecule has 0 atom stereocenters. The molecule has 20 heavy (non-hydrogen) atoms. The molecular weight excluding hydrogens is 272 g/mol. The van der Waals surface area contributed by atoms with E-state index in [4.69, 9.17) is 16.3 Å². The first-order valence-corrected chi connectivity index (χ1v) is 6.95. The summed E-state index contributed by atoms with van der Waals surface area (Å²) in [6.07, 6.45) is 0. The second-order valence-electron chi connectivity index (χ2n) is 4.67. The summed E-state index contributed by atoms with van der Waals surface area (Å²) in [7, 11) is 0. The van der Waals surface area contributed by atoms with Crippen molar-refractivity contribution in [2.24, 2.45) is 0 Å². The number of hydrogen-bond acceptors (Lipinski definition) is 2. The van der Waals surface area contributed by atoms with Crippen molar-refractivity contribution >= 4 is 17.4 Å². The third-order valence-electron chi connectivity index (χ3n) is 3.19. The van der Waals surface area contributed by atoms with Crippen LogP contribution in [0.4, 0.5) is 0 Å². The van der Waals surface area contributed by atoms with Crippen molar-refractivity contribution in [3.8, 4) is 5.75 Å². The van der Waals surface area contributed by atoms with E-state index in [2.05, 4.69) is 0 Å². The van der Waals surface area contributed by atoms with E-state index in [1.54, 1.807) is 18.2 Å². The molecule has 0 aliphatic carbocycles. The molecule has 0 unspecified atom stereocenters. The van der Waals surface area contributed by atoms with Crippen molar-refractivity contribution in [2.75, 3.05) is 6.61 Å². The van der Waals surface area contributed by atoms with E-state index in [0.717, 1.165) is 11.1 Å². The summed E-state index contributed by atoms with van der Waals surface area (Å²) in [6, 6.07) is 11.0. The van der Waals surface area contributed by atoms with Crippen molar-refractivity contribution in [3.05, 3.63) is 63.7 Å². The Kier molecular flexibility index (Phi) is 4.46. The minimum Gasteiger partial charge on any atom is -0.493 e. The summed E-state index contributed by atoms with van der Waals surface area (Å²) in [5, 5.41) is 0.599. The molecule has 3 heteroatoms. The van der Waals surface area contributed by atoms with Crippen LogP contribution in [-0.4, -0.2) is 12.4 Å². The van der Waals surface area contributed by atoms with Crippen LogP contribution >= 0.6 is 11.6 Å². The van der Waals surface area contributed by atoms with Crippen LogP contribution in [-0.2, 0) is 0 Å². The second-order valence-corrected chi connectivity index (χ2v) is 5.08. The first kappa shape index (κ1) is 14.6. The number of ether oxygens (including phenoxy) is 1. The predicted molar refractivity (Wildman–Crippen MR) is 82.0 cm³/mol. The third-order valence-corrected chi connectivity index (χ3v) is 3.60. The first-order valence-electron chi connectivity index (χ1n) is 6.58. The van der Waals surface area contributed by atoms with Gasteiger partial charge >= 0.3 is 0 Å². The van der Waals surface area contributed by atoms with Crippen molar-refractivity contribution in [1.29, 1.82) is 0 Å². The molecule has 2 aromatic rings. The summed E-state index contributed by atoms with van der Waals surface area (Å²) in [6.45, 7) is 6.24. The molecule has 2 nitrogen and oxygen atoms in total. The number of carbonyl (C=O) groups is 1. The fraction of sp³-hybridized carbons (Fsp3) is 0.235. The van der Waals surface area contributed by atoms with Crippen LogP contribution in [0.25, 0.3) is 0 Å². The highest BCUT2D eigenvalue weighted by atomic mass is 35.5. The van der Waals surface area contributed by atoms with Gasteiger partial charge in [0.25, 0.3) is 0 Å². The molecule has 0 radical (unpaired) electrons. The molecular formula is C17H17ClO2. The number of benzene rings is 2. The van der Waals surface area contributed by atoms with Crippen LogP contribution in [0, 0.1) is 13.8 Å². The van der Waals surface area contributed by atoms with Crippen LogP contribution in [0.2, 0.25) is 5.02 Å². The standard InChI is InChI=1S/C17H17ClO2/c1-4-20-16-9-8-11(2)10-14(16)17(19)13-6-5-7-15(18)12(13)3/h5-10H,4H2,1-3H3. The summed E-state index contributed by atoms with van der Waals surface area (Å²) in [4.78, 5) is 12.7. The van der Waals surface area contributed by atoms with Crippen LogP contribution < -0.4 is 4.74 Å². The van der Waals surface area contributed by atoms with Gasteiger partial charge in [-0.25, -0.2) is 0 Å². The van der Waals surface area contributed by atoms with E-state index >= 15 is 0 Å². The first-order chi connectivity index (χ1) is 9.54. The van der Waals surface area contributed by atoms with E-state index in [0.29, 0.717) is 28.5 Å². The lowest BCUT2D eigenvalue weighted by Gasteiger charge is -2.12. The van der Waals surface area contributed by atoms with Gasteiger partial charge in [0.2, 0.25) is 0 Å². The number of aryl methyl sites for hydroxylation is 1. The normalized spacial score (nSPS) is 10.4. The molecule has 0 aliphatic heterocycles. The van der Waals surface area contributed by atoms with Gasteiger partial charge in [-0.2, -0.15) is 0 Å². The Morgan fingerprint density at radius 2 is 1.90 bits per heavy atom. The molecule has 0 bridgehead atoms. The highest BCUT2D eigenvalue weighted by Gasteiger charge is 2.17. The average Bonchev–Trinajstić information content (AvgIpc) is 2.43. The van der Waals surface area contributed by atoms with Gasteiger partial charge in [-0.05, 0) is 44.5 Å². The van der Waals surface area contributed by atoms with E-state index in [-0.39, 0.29) is 5.78 Å². The van der Waals surface area contributed by atoms with E-state index < -0.39 is 0 Å². The zero-order valence-corrected chi connectivity index (χ0v) is 12.6. The molecule has 0 aromatic heterocycles. The lowest BCUT2D eigenvalue weighted by molar-refractivity contribution is 0.103. The highest BCUT2D eigenvalue weighted by Crippen LogP contribution is 2.27. The van der Waals surface area contributed by atoms with Gasteiger partial charge in [0.15, 0.2) is 5.78 Å². The second kappa shape index (κ2) is 6.10. The van der Waals surface area contributed by atoms with Crippen molar-refractivity contribution < 1.29 is 9.53 Å². The van der Waals surface area contributed by atoms with Crippen LogP contribution in [0.5, 0.6) is 5.75 Å². The third kappa shape index (κ3) is 2.86.